The Morgan fingerprint density at radius 2 is 1.79 bits per heavy atom. The number of carbonyl (C=O) groups excluding carboxylic acids is 1. The molecule has 0 spiro atoms. The van der Waals surface area contributed by atoms with E-state index in [0.717, 1.165) is 22.1 Å². The van der Waals surface area contributed by atoms with Gasteiger partial charge in [-0.05, 0) is 23.3 Å². The zero-order chi connectivity index (χ0) is 19.8. The van der Waals surface area contributed by atoms with Gasteiger partial charge < -0.3 is 14.8 Å². The molecule has 1 amide bonds. The van der Waals surface area contributed by atoms with E-state index in [9.17, 15) is 4.79 Å². The van der Waals surface area contributed by atoms with Gasteiger partial charge in [-0.15, -0.1) is 22.0 Å². The summed E-state index contributed by atoms with van der Waals surface area (Å²) in [7, 11) is 3.15. The fourth-order valence-electron chi connectivity index (χ4n) is 2.53. The molecule has 28 heavy (non-hydrogen) atoms. The van der Waals surface area contributed by atoms with Crippen molar-refractivity contribution in [2.24, 2.45) is 0 Å². The largest absolute Gasteiger partial charge is 0.493 e. The Balaban J connectivity index is 1.49. The van der Waals surface area contributed by atoms with Crippen LogP contribution in [0.1, 0.15) is 16.1 Å². The Morgan fingerprint density at radius 3 is 2.54 bits per heavy atom. The van der Waals surface area contributed by atoms with E-state index in [0.29, 0.717) is 16.6 Å². The molecule has 0 unspecified atom stereocenters. The molecule has 0 bridgehead atoms. The van der Waals surface area contributed by atoms with E-state index in [1.165, 1.54) is 16.9 Å². The zero-order valence-corrected chi connectivity index (χ0v) is 17.3. The summed E-state index contributed by atoms with van der Waals surface area (Å²) >= 11 is 3.17. The summed E-state index contributed by atoms with van der Waals surface area (Å²) in [5.74, 6) is 2.77. The molecular weight excluding hydrogens is 394 g/mol. The number of hydrogen-bond donors (Lipinski definition) is 1. The van der Waals surface area contributed by atoms with Crippen molar-refractivity contribution in [1.82, 2.24) is 10.2 Å². The predicted octanol–water partition coefficient (Wildman–Crippen LogP) is 4.17. The zero-order valence-electron chi connectivity index (χ0n) is 15.7. The molecule has 0 aliphatic heterocycles. The standard InChI is InChI=1S/C20H21N3O3S2/c1-25-16-9-8-15(10-17(16)26-2)11-18(24)21-20-23-22-19(28-20)13-27-12-14-6-4-3-5-7-14/h3-10H,11-13H2,1-2H3,(H,21,23,24). The van der Waals surface area contributed by atoms with Gasteiger partial charge in [0.05, 0.1) is 20.6 Å². The molecule has 1 heterocycles. The normalized spacial score (nSPS) is 10.5. The first-order valence-corrected chi connectivity index (χ1v) is 10.6. The number of anilines is 1. The highest BCUT2D eigenvalue weighted by atomic mass is 32.2. The summed E-state index contributed by atoms with van der Waals surface area (Å²) in [5, 5.41) is 12.4. The van der Waals surface area contributed by atoms with Crippen LogP contribution >= 0.6 is 23.1 Å². The number of amides is 1. The van der Waals surface area contributed by atoms with Gasteiger partial charge in [0.1, 0.15) is 5.01 Å². The summed E-state index contributed by atoms with van der Waals surface area (Å²) in [6.45, 7) is 0. The molecule has 0 fully saturated rings. The highest BCUT2D eigenvalue weighted by Gasteiger charge is 2.11. The predicted molar refractivity (Wildman–Crippen MR) is 113 cm³/mol. The van der Waals surface area contributed by atoms with Crippen LogP contribution < -0.4 is 14.8 Å². The Hall–Kier alpha value is -2.58. The van der Waals surface area contributed by atoms with E-state index in [4.69, 9.17) is 9.47 Å². The number of methoxy groups -OCH3 is 2. The quantitative estimate of drug-likeness (QED) is 0.565. The molecule has 1 aromatic heterocycles. The van der Waals surface area contributed by atoms with E-state index < -0.39 is 0 Å². The molecule has 0 radical (unpaired) electrons. The first-order chi connectivity index (χ1) is 13.7. The molecule has 6 nitrogen and oxygen atoms in total. The number of aromatic nitrogens is 2. The minimum atomic E-state index is -0.146. The molecule has 2 aromatic carbocycles. The van der Waals surface area contributed by atoms with Crippen LogP contribution in [0.4, 0.5) is 5.13 Å². The molecule has 3 rings (SSSR count). The third-order valence-corrected chi connectivity index (χ3v) is 5.90. The van der Waals surface area contributed by atoms with Crippen molar-refractivity contribution in [2.75, 3.05) is 19.5 Å². The van der Waals surface area contributed by atoms with Gasteiger partial charge >= 0.3 is 0 Å². The van der Waals surface area contributed by atoms with Crippen LogP contribution in [0.25, 0.3) is 0 Å². The van der Waals surface area contributed by atoms with Gasteiger partial charge in [-0.2, -0.15) is 0 Å². The third-order valence-electron chi connectivity index (χ3n) is 3.86. The van der Waals surface area contributed by atoms with Crippen LogP contribution in [-0.4, -0.2) is 30.3 Å². The molecule has 0 aliphatic rings. The topological polar surface area (TPSA) is 73.3 Å². The average Bonchev–Trinajstić information content (AvgIpc) is 3.15. The smallest absolute Gasteiger partial charge is 0.230 e. The Bertz CT molecular complexity index is 916. The lowest BCUT2D eigenvalue weighted by Crippen LogP contribution is -2.14. The lowest BCUT2D eigenvalue weighted by atomic mass is 10.1. The maximum Gasteiger partial charge on any atom is 0.230 e. The number of nitrogens with one attached hydrogen (secondary N) is 1. The minimum Gasteiger partial charge on any atom is -0.493 e. The number of ether oxygens (including phenoxy) is 2. The first kappa shape index (κ1) is 20.2. The van der Waals surface area contributed by atoms with Crippen LogP contribution in [0, 0.1) is 0 Å². The van der Waals surface area contributed by atoms with Crippen molar-refractivity contribution in [3.05, 3.63) is 64.7 Å². The van der Waals surface area contributed by atoms with E-state index in [1.54, 1.807) is 38.1 Å². The Kier molecular flexibility index (Phi) is 7.27. The number of hydrogen-bond acceptors (Lipinski definition) is 7. The van der Waals surface area contributed by atoms with Gasteiger partial charge in [-0.1, -0.05) is 47.7 Å². The summed E-state index contributed by atoms with van der Waals surface area (Å²) in [5.41, 5.74) is 2.11. The molecule has 0 saturated heterocycles. The van der Waals surface area contributed by atoms with Crippen LogP contribution in [0.2, 0.25) is 0 Å². The van der Waals surface area contributed by atoms with Gasteiger partial charge in [-0.25, -0.2) is 0 Å². The summed E-state index contributed by atoms with van der Waals surface area (Å²) < 4.78 is 10.5. The average molecular weight is 416 g/mol. The van der Waals surface area contributed by atoms with E-state index in [2.05, 4.69) is 27.6 Å². The van der Waals surface area contributed by atoms with Gasteiger partial charge in [0.15, 0.2) is 11.5 Å². The third kappa shape index (κ3) is 5.71. The highest BCUT2D eigenvalue weighted by Crippen LogP contribution is 2.28. The molecule has 8 heteroatoms. The number of nitrogens with zero attached hydrogens (tertiary/aromatic N) is 2. The van der Waals surface area contributed by atoms with Crippen molar-refractivity contribution in [1.29, 1.82) is 0 Å². The van der Waals surface area contributed by atoms with E-state index in [-0.39, 0.29) is 12.3 Å². The number of thioether (sulfide) groups is 1. The van der Waals surface area contributed by atoms with E-state index in [1.807, 2.05) is 24.3 Å². The van der Waals surface area contributed by atoms with Crippen molar-refractivity contribution in [2.45, 2.75) is 17.9 Å². The minimum absolute atomic E-state index is 0.146. The lowest BCUT2D eigenvalue weighted by molar-refractivity contribution is -0.115. The number of carbonyl (C=O) groups is 1. The summed E-state index contributed by atoms with van der Waals surface area (Å²) in [6, 6.07) is 15.7. The fraction of sp³-hybridized carbons (Fsp3) is 0.250. The first-order valence-electron chi connectivity index (χ1n) is 8.62. The number of benzene rings is 2. The maximum absolute atomic E-state index is 12.3. The second kappa shape index (κ2) is 10.1. The maximum atomic E-state index is 12.3. The van der Waals surface area contributed by atoms with E-state index >= 15 is 0 Å². The van der Waals surface area contributed by atoms with Gasteiger partial charge in [-0.3, -0.25) is 4.79 Å². The van der Waals surface area contributed by atoms with Gasteiger partial charge in [0, 0.05) is 11.5 Å². The lowest BCUT2D eigenvalue weighted by Gasteiger charge is -2.09. The second-order valence-corrected chi connectivity index (χ2v) is 7.94. The monoisotopic (exact) mass is 415 g/mol. The fourth-order valence-corrected chi connectivity index (χ4v) is 4.33. The molecular formula is C20H21N3O3S2. The highest BCUT2D eigenvalue weighted by molar-refractivity contribution is 7.97. The second-order valence-electron chi connectivity index (χ2n) is 5.89. The molecule has 0 atom stereocenters. The van der Waals surface area contributed by atoms with Crippen molar-refractivity contribution < 1.29 is 14.3 Å². The number of rotatable bonds is 9. The molecule has 0 saturated carbocycles. The molecule has 3 aromatic rings. The van der Waals surface area contributed by atoms with Crippen molar-refractivity contribution in [3.8, 4) is 11.5 Å². The molecule has 0 aliphatic carbocycles. The van der Waals surface area contributed by atoms with Crippen LogP contribution in [0.5, 0.6) is 11.5 Å². The molecule has 146 valence electrons. The van der Waals surface area contributed by atoms with Crippen molar-refractivity contribution in [3.63, 3.8) is 0 Å². The summed E-state index contributed by atoms with van der Waals surface area (Å²) in [4.78, 5) is 12.3. The molecule has 1 N–H and O–H groups in total. The summed E-state index contributed by atoms with van der Waals surface area (Å²) in [6.07, 6.45) is 0.220. The van der Waals surface area contributed by atoms with Crippen molar-refractivity contribution >= 4 is 34.1 Å². The van der Waals surface area contributed by atoms with Crippen LogP contribution in [0.3, 0.4) is 0 Å². The van der Waals surface area contributed by atoms with Crippen LogP contribution in [-0.2, 0) is 22.7 Å². The van der Waals surface area contributed by atoms with Gasteiger partial charge in [0.25, 0.3) is 0 Å². The van der Waals surface area contributed by atoms with Crippen LogP contribution in [0.15, 0.2) is 48.5 Å². The Morgan fingerprint density at radius 1 is 1.00 bits per heavy atom. The SMILES string of the molecule is COc1ccc(CC(=O)Nc2nnc(CSCc3ccccc3)s2)cc1OC. The van der Waals surface area contributed by atoms with Gasteiger partial charge in [0.2, 0.25) is 11.0 Å². The Labute approximate surface area is 172 Å².